The van der Waals surface area contributed by atoms with E-state index >= 15 is 0 Å². The molecule has 27 heavy (non-hydrogen) atoms. The predicted octanol–water partition coefficient (Wildman–Crippen LogP) is 2.19. The van der Waals surface area contributed by atoms with Gasteiger partial charge >= 0.3 is 6.09 Å². The molecule has 2 aliphatic heterocycles. The molecule has 0 saturated carbocycles. The quantitative estimate of drug-likeness (QED) is 0.673. The van der Waals surface area contributed by atoms with Gasteiger partial charge in [0, 0.05) is 13.0 Å². The highest BCUT2D eigenvalue weighted by Gasteiger charge is 2.60. The highest BCUT2D eigenvalue weighted by Crippen LogP contribution is 2.42. The van der Waals surface area contributed by atoms with Crippen LogP contribution < -0.4 is 5.73 Å². The second-order valence-electron chi connectivity index (χ2n) is 8.69. The Morgan fingerprint density at radius 3 is 2.26 bits per heavy atom. The third-order valence-corrected chi connectivity index (χ3v) is 4.58. The lowest BCUT2D eigenvalue weighted by Gasteiger charge is -2.35. The number of hydrogen-bond acceptors (Lipinski definition) is 6. The monoisotopic (exact) mass is 386 g/mol. The molecule has 0 unspecified atom stereocenters. The van der Waals surface area contributed by atoms with E-state index in [2.05, 4.69) is 6.92 Å². The SMILES string of the molecule is CCCCOC[C@@H]1[C@H]2OC(C)(C)O[C@H]2[C@H](CC(N)=O)N1C(=O)OC(C)(C)C. The highest BCUT2D eigenvalue weighted by molar-refractivity contribution is 5.77. The fraction of sp³-hybridized carbons (Fsp3) is 0.895. The number of nitrogens with two attached hydrogens (primary N) is 1. The van der Waals surface area contributed by atoms with Crippen LogP contribution >= 0.6 is 0 Å². The summed E-state index contributed by atoms with van der Waals surface area (Å²) in [7, 11) is 0. The van der Waals surface area contributed by atoms with E-state index < -0.39 is 47.7 Å². The maximum Gasteiger partial charge on any atom is 0.411 e. The van der Waals surface area contributed by atoms with Crippen LogP contribution in [0.2, 0.25) is 0 Å². The lowest BCUT2D eigenvalue weighted by atomic mass is 10.1. The topological polar surface area (TPSA) is 100 Å². The normalized spacial score (nSPS) is 29.6. The summed E-state index contributed by atoms with van der Waals surface area (Å²) in [5.41, 5.74) is 4.79. The number of carbonyl (C=O) groups excluding carboxylic acids is 2. The van der Waals surface area contributed by atoms with Crippen LogP contribution in [0, 0.1) is 0 Å². The van der Waals surface area contributed by atoms with Gasteiger partial charge in [0.25, 0.3) is 0 Å². The lowest BCUT2D eigenvalue weighted by Crippen LogP contribution is -2.50. The van der Waals surface area contributed by atoms with E-state index in [1.165, 1.54) is 4.90 Å². The van der Waals surface area contributed by atoms with Crippen LogP contribution in [-0.4, -0.2) is 65.8 Å². The third-order valence-electron chi connectivity index (χ3n) is 4.58. The second-order valence-corrected chi connectivity index (χ2v) is 8.69. The number of rotatable bonds is 7. The van der Waals surface area contributed by atoms with Gasteiger partial charge in [-0.2, -0.15) is 0 Å². The average molecular weight is 386 g/mol. The number of carbonyl (C=O) groups is 2. The zero-order chi connectivity index (χ0) is 20.4. The molecule has 0 spiro atoms. The number of amides is 2. The van der Waals surface area contributed by atoms with E-state index in [0.29, 0.717) is 6.61 Å². The van der Waals surface area contributed by atoms with Crippen LogP contribution in [0.3, 0.4) is 0 Å². The van der Waals surface area contributed by atoms with Crippen LogP contribution in [-0.2, 0) is 23.7 Å². The summed E-state index contributed by atoms with van der Waals surface area (Å²) in [6.07, 6.45) is 0.547. The van der Waals surface area contributed by atoms with E-state index in [1.54, 1.807) is 20.8 Å². The molecule has 0 aromatic rings. The van der Waals surface area contributed by atoms with Gasteiger partial charge in [-0.1, -0.05) is 13.3 Å². The number of fused-ring (bicyclic) bond motifs is 1. The second kappa shape index (κ2) is 8.32. The molecule has 2 saturated heterocycles. The van der Waals surface area contributed by atoms with Crippen molar-refractivity contribution < 1.29 is 28.5 Å². The molecule has 2 N–H and O–H groups in total. The zero-order valence-electron chi connectivity index (χ0n) is 17.3. The molecular weight excluding hydrogens is 352 g/mol. The van der Waals surface area contributed by atoms with Crippen molar-refractivity contribution in [3.05, 3.63) is 0 Å². The van der Waals surface area contributed by atoms with Gasteiger partial charge in [0.1, 0.15) is 17.8 Å². The van der Waals surface area contributed by atoms with Crippen LogP contribution in [0.5, 0.6) is 0 Å². The molecule has 0 aromatic carbocycles. The molecule has 2 heterocycles. The summed E-state index contributed by atoms with van der Waals surface area (Å²) in [5, 5.41) is 0. The Kier molecular flexibility index (Phi) is 6.76. The third kappa shape index (κ3) is 5.56. The molecule has 0 aromatic heterocycles. The molecule has 2 aliphatic rings. The lowest BCUT2D eigenvalue weighted by molar-refractivity contribution is -0.170. The molecule has 0 bridgehead atoms. The summed E-state index contributed by atoms with van der Waals surface area (Å²) in [5.74, 6) is -1.31. The fourth-order valence-electron chi connectivity index (χ4n) is 3.61. The van der Waals surface area contributed by atoms with Crippen LogP contribution in [0.25, 0.3) is 0 Å². The molecule has 0 radical (unpaired) electrons. The molecule has 2 fully saturated rings. The minimum atomic E-state index is -0.799. The Morgan fingerprint density at radius 1 is 1.15 bits per heavy atom. The van der Waals surface area contributed by atoms with Gasteiger partial charge in [-0.3, -0.25) is 9.69 Å². The number of hydrogen-bond donors (Lipinski definition) is 1. The van der Waals surface area contributed by atoms with Gasteiger partial charge in [-0.05, 0) is 41.0 Å². The van der Waals surface area contributed by atoms with Gasteiger partial charge in [0.2, 0.25) is 5.91 Å². The number of primary amides is 1. The van der Waals surface area contributed by atoms with Crippen molar-refractivity contribution in [3.8, 4) is 0 Å². The van der Waals surface area contributed by atoms with E-state index in [9.17, 15) is 9.59 Å². The Balaban J connectivity index is 2.27. The van der Waals surface area contributed by atoms with Crippen molar-refractivity contribution in [2.45, 2.75) is 96.5 Å². The molecule has 0 aliphatic carbocycles. The van der Waals surface area contributed by atoms with Crippen molar-refractivity contribution in [2.75, 3.05) is 13.2 Å². The molecule has 156 valence electrons. The molecule has 2 rings (SSSR count). The van der Waals surface area contributed by atoms with Gasteiger partial charge in [0.15, 0.2) is 5.79 Å². The number of ether oxygens (including phenoxy) is 4. The Morgan fingerprint density at radius 2 is 1.74 bits per heavy atom. The standard InChI is InChI=1S/C19H34N2O6/c1-7-8-9-24-11-13-16-15(25-19(5,6)26-16)12(10-14(20)22)21(13)17(23)27-18(2,3)4/h12-13,15-16H,7-11H2,1-6H3,(H2,20,22)/t12-,13+,15-,16+/m0/s1. The van der Waals surface area contributed by atoms with Gasteiger partial charge in [-0.15, -0.1) is 0 Å². The summed E-state index contributed by atoms with van der Waals surface area (Å²) >= 11 is 0. The van der Waals surface area contributed by atoms with Crippen molar-refractivity contribution in [3.63, 3.8) is 0 Å². The van der Waals surface area contributed by atoms with Crippen LogP contribution in [0.15, 0.2) is 0 Å². The van der Waals surface area contributed by atoms with Gasteiger partial charge in [0.05, 0.1) is 18.7 Å². The highest BCUT2D eigenvalue weighted by atomic mass is 16.8. The summed E-state index contributed by atoms with van der Waals surface area (Å²) < 4.78 is 23.5. The van der Waals surface area contributed by atoms with E-state index in [1.807, 2.05) is 13.8 Å². The van der Waals surface area contributed by atoms with Crippen LogP contribution in [0.1, 0.15) is 60.8 Å². The van der Waals surface area contributed by atoms with E-state index in [0.717, 1.165) is 12.8 Å². The van der Waals surface area contributed by atoms with Crippen LogP contribution in [0.4, 0.5) is 4.79 Å². The summed E-state index contributed by atoms with van der Waals surface area (Å²) in [6, 6.07) is -0.961. The minimum absolute atomic E-state index is 0.0225. The molecule has 8 heteroatoms. The first-order chi connectivity index (χ1) is 12.4. The van der Waals surface area contributed by atoms with E-state index in [4.69, 9.17) is 24.7 Å². The largest absolute Gasteiger partial charge is 0.444 e. The van der Waals surface area contributed by atoms with Crippen molar-refractivity contribution >= 4 is 12.0 Å². The first-order valence-electron chi connectivity index (χ1n) is 9.68. The minimum Gasteiger partial charge on any atom is -0.444 e. The molecule has 8 nitrogen and oxygen atoms in total. The fourth-order valence-corrected chi connectivity index (χ4v) is 3.61. The van der Waals surface area contributed by atoms with Gasteiger partial charge in [-0.25, -0.2) is 4.79 Å². The Bertz CT molecular complexity index is 545. The first kappa shape index (κ1) is 21.9. The van der Waals surface area contributed by atoms with E-state index in [-0.39, 0.29) is 13.0 Å². The number of likely N-dealkylation sites (tertiary alicyclic amines) is 1. The Labute approximate surface area is 161 Å². The van der Waals surface area contributed by atoms with Gasteiger partial charge < -0.3 is 24.7 Å². The number of nitrogens with zero attached hydrogens (tertiary/aromatic N) is 1. The first-order valence-corrected chi connectivity index (χ1v) is 9.68. The Hall–Kier alpha value is -1.38. The zero-order valence-corrected chi connectivity index (χ0v) is 17.3. The van der Waals surface area contributed by atoms with Crippen molar-refractivity contribution in [1.82, 2.24) is 4.90 Å². The maximum absolute atomic E-state index is 12.9. The smallest absolute Gasteiger partial charge is 0.411 e. The predicted molar refractivity (Wildman–Crippen MR) is 99.0 cm³/mol. The summed E-state index contributed by atoms with van der Waals surface area (Å²) in [6.45, 7) is 12.0. The molecule has 4 atom stereocenters. The molecular formula is C19H34N2O6. The summed E-state index contributed by atoms with van der Waals surface area (Å²) in [4.78, 5) is 26.1. The average Bonchev–Trinajstić information content (AvgIpc) is 2.94. The number of unbranched alkanes of at least 4 members (excludes halogenated alkanes) is 1. The van der Waals surface area contributed by atoms with Crippen molar-refractivity contribution in [2.24, 2.45) is 5.73 Å². The molecule has 2 amide bonds. The van der Waals surface area contributed by atoms with Crippen molar-refractivity contribution in [1.29, 1.82) is 0 Å². The maximum atomic E-state index is 12.9.